The standard InChI is InChI=1S/C18H24N4O2/c1-14(21-11-5-6-12-21)13-19-18(24)16-9-10-17(23)22(20-16)15-7-3-2-4-8-15/h2-4,7-8,14H,5-6,9-13H2,1H3,(H,19,24)/t14-/m1/s1. The molecule has 128 valence electrons. The minimum absolute atomic E-state index is 0.0804. The van der Waals surface area contributed by atoms with Crippen LogP contribution in [0, 0.1) is 0 Å². The van der Waals surface area contributed by atoms with Crippen molar-refractivity contribution in [3.63, 3.8) is 0 Å². The number of benzene rings is 1. The monoisotopic (exact) mass is 328 g/mol. The highest BCUT2D eigenvalue weighted by Gasteiger charge is 2.26. The van der Waals surface area contributed by atoms with Crippen LogP contribution >= 0.6 is 0 Å². The van der Waals surface area contributed by atoms with Crippen LogP contribution < -0.4 is 10.3 Å². The molecule has 1 N–H and O–H groups in total. The maximum atomic E-state index is 12.4. The lowest BCUT2D eigenvalue weighted by molar-refractivity contribution is -0.119. The van der Waals surface area contributed by atoms with Crippen molar-refractivity contribution in [3.05, 3.63) is 30.3 Å². The van der Waals surface area contributed by atoms with E-state index in [0.29, 0.717) is 36.8 Å². The number of hydrogen-bond acceptors (Lipinski definition) is 4. The molecule has 0 saturated carbocycles. The van der Waals surface area contributed by atoms with Gasteiger partial charge in [0.15, 0.2) is 0 Å². The average molecular weight is 328 g/mol. The number of likely N-dealkylation sites (tertiary alicyclic amines) is 1. The van der Waals surface area contributed by atoms with Gasteiger partial charge < -0.3 is 5.32 Å². The van der Waals surface area contributed by atoms with Crippen LogP contribution in [0.5, 0.6) is 0 Å². The average Bonchev–Trinajstić information content (AvgIpc) is 3.15. The van der Waals surface area contributed by atoms with Crippen molar-refractivity contribution < 1.29 is 9.59 Å². The molecule has 2 heterocycles. The molecule has 0 spiro atoms. The maximum absolute atomic E-state index is 12.4. The number of nitrogens with one attached hydrogen (secondary N) is 1. The summed E-state index contributed by atoms with van der Waals surface area (Å²) < 4.78 is 0. The Kier molecular flexibility index (Phi) is 5.25. The fourth-order valence-corrected chi connectivity index (χ4v) is 3.14. The molecular weight excluding hydrogens is 304 g/mol. The lowest BCUT2D eigenvalue weighted by Crippen LogP contribution is -2.44. The third kappa shape index (κ3) is 3.82. The van der Waals surface area contributed by atoms with E-state index in [-0.39, 0.29) is 11.8 Å². The van der Waals surface area contributed by atoms with Crippen LogP contribution in [0.4, 0.5) is 5.69 Å². The Balaban J connectivity index is 1.62. The zero-order valence-corrected chi connectivity index (χ0v) is 14.1. The van der Waals surface area contributed by atoms with Crippen molar-refractivity contribution in [2.24, 2.45) is 5.10 Å². The summed E-state index contributed by atoms with van der Waals surface area (Å²) >= 11 is 0. The predicted octanol–water partition coefficient (Wildman–Crippen LogP) is 1.77. The molecule has 3 rings (SSSR count). The predicted molar refractivity (Wildman–Crippen MR) is 93.9 cm³/mol. The van der Waals surface area contributed by atoms with E-state index in [9.17, 15) is 9.59 Å². The van der Waals surface area contributed by atoms with Crippen LogP contribution in [0.2, 0.25) is 0 Å². The molecule has 0 aliphatic carbocycles. The summed E-state index contributed by atoms with van der Waals surface area (Å²) in [5, 5.41) is 8.59. The summed E-state index contributed by atoms with van der Waals surface area (Å²) in [6.45, 7) is 4.95. The molecule has 1 atom stereocenters. The van der Waals surface area contributed by atoms with Gasteiger partial charge in [0.05, 0.1) is 5.69 Å². The molecule has 2 aliphatic rings. The number of hydrogen-bond donors (Lipinski definition) is 1. The quantitative estimate of drug-likeness (QED) is 0.896. The molecule has 24 heavy (non-hydrogen) atoms. The van der Waals surface area contributed by atoms with E-state index >= 15 is 0 Å². The first-order valence-electron chi connectivity index (χ1n) is 8.63. The molecule has 0 unspecified atom stereocenters. The van der Waals surface area contributed by atoms with Gasteiger partial charge in [-0.1, -0.05) is 18.2 Å². The van der Waals surface area contributed by atoms with Crippen molar-refractivity contribution in [2.45, 2.75) is 38.6 Å². The maximum Gasteiger partial charge on any atom is 0.267 e. The Morgan fingerprint density at radius 2 is 1.92 bits per heavy atom. The molecule has 1 aromatic carbocycles. The second-order valence-corrected chi connectivity index (χ2v) is 6.39. The van der Waals surface area contributed by atoms with Crippen LogP contribution in [0.25, 0.3) is 0 Å². The molecule has 0 aromatic heterocycles. The number of rotatable bonds is 5. The topological polar surface area (TPSA) is 65.0 Å². The largest absolute Gasteiger partial charge is 0.349 e. The molecule has 0 radical (unpaired) electrons. The van der Waals surface area contributed by atoms with Crippen LogP contribution in [-0.2, 0) is 9.59 Å². The highest BCUT2D eigenvalue weighted by molar-refractivity contribution is 6.40. The first kappa shape index (κ1) is 16.6. The number of nitrogens with zero attached hydrogens (tertiary/aromatic N) is 3. The van der Waals surface area contributed by atoms with Crippen LogP contribution in [0.15, 0.2) is 35.4 Å². The molecule has 6 heteroatoms. The second kappa shape index (κ2) is 7.57. The highest BCUT2D eigenvalue weighted by atomic mass is 16.2. The third-order valence-electron chi connectivity index (χ3n) is 4.62. The number of amides is 2. The van der Waals surface area contributed by atoms with Gasteiger partial charge in [0, 0.05) is 25.4 Å². The number of hydrazone groups is 1. The first-order chi connectivity index (χ1) is 11.6. The van der Waals surface area contributed by atoms with Gasteiger partial charge in [-0.3, -0.25) is 14.5 Å². The Morgan fingerprint density at radius 3 is 2.62 bits per heavy atom. The molecule has 1 fully saturated rings. The van der Waals surface area contributed by atoms with Crippen LogP contribution in [0.3, 0.4) is 0 Å². The summed E-state index contributed by atoms with van der Waals surface area (Å²) in [6.07, 6.45) is 3.17. The van der Waals surface area contributed by atoms with Crippen molar-refractivity contribution in [3.8, 4) is 0 Å². The lowest BCUT2D eigenvalue weighted by atomic mass is 10.1. The van der Waals surface area contributed by atoms with Crippen LogP contribution in [-0.4, -0.2) is 48.1 Å². The minimum Gasteiger partial charge on any atom is -0.349 e. The number of para-hydroxylation sites is 1. The number of anilines is 1. The van der Waals surface area contributed by atoms with E-state index < -0.39 is 0 Å². The van der Waals surface area contributed by atoms with Gasteiger partial charge in [-0.05, 0) is 45.0 Å². The Hall–Kier alpha value is -2.21. The fraction of sp³-hybridized carbons (Fsp3) is 0.500. The Labute approximate surface area is 142 Å². The lowest BCUT2D eigenvalue weighted by Gasteiger charge is -2.25. The highest BCUT2D eigenvalue weighted by Crippen LogP contribution is 2.19. The van der Waals surface area contributed by atoms with E-state index in [1.54, 1.807) is 0 Å². The van der Waals surface area contributed by atoms with E-state index in [1.165, 1.54) is 17.9 Å². The van der Waals surface area contributed by atoms with E-state index in [4.69, 9.17) is 0 Å². The van der Waals surface area contributed by atoms with Crippen molar-refractivity contribution in [1.29, 1.82) is 0 Å². The van der Waals surface area contributed by atoms with Gasteiger partial charge in [-0.25, -0.2) is 5.01 Å². The molecule has 2 aliphatic heterocycles. The summed E-state index contributed by atoms with van der Waals surface area (Å²) in [5.41, 5.74) is 1.12. The SMILES string of the molecule is C[C@H](CNC(=O)C1=NN(c2ccccc2)C(=O)CC1)N1CCCC1. The Morgan fingerprint density at radius 1 is 1.21 bits per heavy atom. The van der Waals surface area contributed by atoms with Crippen LogP contribution in [0.1, 0.15) is 32.6 Å². The van der Waals surface area contributed by atoms with E-state index in [2.05, 4.69) is 22.2 Å². The van der Waals surface area contributed by atoms with E-state index in [0.717, 1.165) is 13.1 Å². The van der Waals surface area contributed by atoms with Gasteiger partial charge in [0.2, 0.25) is 5.91 Å². The van der Waals surface area contributed by atoms with Crippen molar-refractivity contribution >= 4 is 23.2 Å². The first-order valence-corrected chi connectivity index (χ1v) is 8.63. The third-order valence-corrected chi connectivity index (χ3v) is 4.62. The second-order valence-electron chi connectivity index (χ2n) is 6.39. The summed E-state index contributed by atoms with van der Waals surface area (Å²) in [5.74, 6) is -0.252. The normalized spacial score (nSPS) is 20.0. The van der Waals surface area contributed by atoms with Gasteiger partial charge in [-0.2, -0.15) is 5.10 Å². The zero-order chi connectivity index (χ0) is 16.9. The number of carbonyl (C=O) groups excluding carboxylic acids is 2. The molecule has 6 nitrogen and oxygen atoms in total. The summed E-state index contributed by atoms with van der Waals surface area (Å²) in [6, 6.07) is 9.55. The minimum atomic E-state index is -0.172. The van der Waals surface area contributed by atoms with Gasteiger partial charge in [0.25, 0.3) is 5.91 Å². The molecular formula is C18H24N4O2. The van der Waals surface area contributed by atoms with Crippen molar-refractivity contribution in [2.75, 3.05) is 24.6 Å². The summed E-state index contributed by atoms with van der Waals surface area (Å²) in [7, 11) is 0. The van der Waals surface area contributed by atoms with Gasteiger partial charge in [0.1, 0.15) is 5.71 Å². The van der Waals surface area contributed by atoms with Gasteiger partial charge >= 0.3 is 0 Å². The van der Waals surface area contributed by atoms with Crippen molar-refractivity contribution in [1.82, 2.24) is 10.2 Å². The van der Waals surface area contributed by atoms with E-state index in [1.807, 2.05) is 30.3 Å². The molecule has 1 saturated heterocycles. The molecule has 0 bridgehead atoms. The molecule has 2 amide bonds. The smallest absolute Gasteiger partial charge is 0.267 e. The summed E-state index contributed by atoms with van der Waals surface area (Å²) in [4.78, 5) is 26.9. The fourth-order valence-electron chi connectivity index (χ4n) is 3.14. The Bertz CT molecular complexity index is 623. The number of carbonyl (C=O) groups is 2. The zero-order valence-electron chi connectivity index (χ0n) is 14.1. The van der Waals surface area contributed by atoms with Gasteiger partial charge in [-0.15, -0.1) is 0 Å². The molecule has 1 aromatic rings.